The molecule has 67 heavy (non-hydrogen) atoms. The van der Waals surface area contributed by atoms with Gasteiger partial charge in [0.15, 0.2) is 0 Å². The Kier molecular flexibility index (Phi) is 14.4. The molecule has 4 saturated carbocycles. The summed E-state index contributed by atoms with van der Waals surface area (Å²) in [6.07, 6.45) is 15.8. The van der Waals surface area contributed by atoms with Crippen LogP contribution in [-0.4, -0.2) is 123 Å². The van der Waals surface area contributed by atoms with Crippen molar-refractivity contribution in [1.82, 2.24) is 20.1 Å². The number of carbonyl (C=O) groups is 5. The van der Waals surface area contributed by atoms with Crippen molar-refractivity contribution in [2.24, 2.45) is 34.5 Å². The zero-order valence-electron chi connectivity index (χ0n) is 39.6. The average Bonchev–Trinajstić information content (AvgIpc) is 3.82. The van der Waals surface area contributed by atoms with Crippen molar-refractivity contribution < 1.29 is 42.9 Å². The molecule has 0 bridgehead atoms. The third-order valence-electron chi connectivity index (χ3n) is 17.3. The summed E-state index contributed by atoms with van der Waals surface area (Å²) < 4.78 is 22.7. The van der Waals surface area contributed by atoms with Gasteiger partial charge < -0.3 is 29.2 Å². The summed E-state index contributed by atoms with van der Waals surface area (Å²) in [5.41, 5.74) is 3.17. The van der Waals surface area contributed by atoms with E-state index in [9.17, 15) is 24.0 Å². The quantitative estimate of drug-likeness (QED) is 0.0926. The van der Waals surface area contributed by atoms with E-state index in [1.165, 1.54) is 61.3 Å². The normalized spacial score (nSPS) is 30.1. The smallest absolute Gasteiger partial charge is 0.264 e. The molecule has 14 nitrogen and oxygen atoms in total. The minimum absolute atomic E-state index is 0.0668. The van der Waals surface area contributed by atoms with Crippen molar-refractivity contribution in [1.29, 1.82) is 0 Å². The first-order valence-electron chi connectivity index (χ1n) is 25.0. The highest BCUT2D eigenvalue weighted by Gasteiger charge is 2.60. The van der Waals surface area contributed by atoms with Crippen LogP contribution in [0.3, 0.4) is 0 Å². The lowest BCUT2D eigenvalue weighted by Gasteiger charge is -2.61. The first kappa shape index (κ1) is 47.3. The standard InChI is InChI=1S/C53H69N5O9/c1-52-19-15-38(32-37(52)9-10-39-42-12-11-41(53(42,2)20-16-43(39)52)35-8-7-34-17-21-54-33-36(34)31-35)57(3)47(60)18-23-64-25-27-66-29-30-67-28-26-65-24-22-55-44-6-4-5-40-48(44)51(63)58(50(40)62)45-13-14-46(59)56-49(45)61/h4-8,17,21,31,33,37-39,41-43,45,55H,9-16,18-20,22-30,32H2,1-3H3,(H,56,59,61)/t37?,38-,39-,41+,42-,43?,45?,52-,53+/m0/s1. The maximum Gasteiger partial charge on any atom is 0.264 e. The Morgan fingerprint density at radius 1 is 0.791 bits per heavy atom. The number of nitrogens with zero attached hydrogens (tertiary/aromatic N) is 3. The van der Waals surface area contributed by atoms with Gasteiger partial charge in [-0.15, -0.1) is 0 Å². The molecule has 5 amide bonds. The van der Waals surface area contributed by atoms with Gasteiger partial charge in [-0.1, -0.05) is 32.0 Å². The number of nitrogens with one attached hydrogen (secondary N) is 2. The monoisotopic (exact) mass is 920 g/mol. The van der Waals surface area contributed by atoms with E-state index in [2.05, 4.69) is 53.7 Å². The number of amides is 5. The fraction of sp³-hybridized carbons (Fsp3) is 0.623. The molecule has 3 unspecified atom stereocenters. The molecular weight excluding hydrogens is 851 g/mol. The number of piperidine rings is 1. The SMILES string of the molecule is CN(C(=O)CCOCCOCCOCCOCCNc1cccc2c1C(=O)N(C1CCC(=O)NC1=O)C2=O)[C@H]1CC[C@@]2(C)C(CC[C@@H]3C2CC[C@]2(C)[C@@H](c4ccc5ccncc5c4)CC[C@@H]32)C1. The summed E-state index contributed by atoms with van der Waals surface area (Å²) >= 11 is 0. The summed E-state index contributed by atoms with van der Waals surface area (Å²) in [5.74, 6) is 1.73. The number of aromatic nitrogens is 1. The third-order valence-corrected chi connectivity index (χ3v) is 17.3. The molecule has 1 saturated heterocycles. The van der Waals surface area contributed by atoms with Gasteiger partial charge in [-0.05, 0) is 140 Å². The fourth-order valence-corrected chi connectivity index (χ4v) is 13.7. The summed E-state index contributed by atoms with van der Waals surface area (Å²) in [7, 11) is 2.00. The molecule has 0 spiro atoms. The zero-order valence-corrected chi connectivity index (χ0v) is 39.6. The molecule has 2 N–H and O–H groups in total. The van der Waals surface area contributed by atoms with Gasteiger partial charge in [0, 0.05) is 49.5 Å². The summed E-state index contributed by atoms with van der Waals surface area (Å²) in [6.45, 7) is 8.78. The van der Waals surface area contributed by atoms with E-state index in [1.807, 2.05) is 24.3 Å². The first-order valence-corrected chi connectivity index (χ1v) is 25.0. The highest BCUT2D eigenvalue weighted by atomic mass is 16.6. The molecule has 2 aromatic carbocycles. The van der Waals surface area contributed by atoms with Crippen molar-refractivity contribution in [2.75, 3.05) is 71.8 Å². The fourth-order valence-electron chi connectivity index (χ4n) is 13.7. The number of hydrogen-bond acceptors (Lipinski definition) is 11. The summed E-state index contributed by atoms with van der Waals surface area (Å²) in [5, 5.41) is 7.91. The largest absolute Gasteiger partial charge is 0.382 e. The van der Waals surface area contributed by atoms with Crippen LogP contribution >= 0.6 is 0 Å². The maximum absolute atomic E-state index is 13.4. The minimum Gasteiger partial charge on any atom is -0.382 e. The lowest BCUT2D eigenvalue weighted by atomic mass is 9.44. The lowest BCUT2D eigenvalue weighted by molar-refractivity contribution is -0.141. The molecule has 360 valence electrons. The Morgan fingerprint density at radius 2 is 1.52 bits per heavy atom. The number of fused-ring (bicyclic) bond motifs is 7. The van der Waals surface area contributed by atoms with Crippen LogP contribution in [0.2, 0.25) is 0 Å². The van der Waals surface area contributed by atoms with E-state index in [-0.39, 0.29) is 29.9 Å². The van der Waals surface area contributed by atoms with E-state index < -0.39 is 29.7 Å². The van der Waals surface area contributed by atoms with Gasteiger partial charge in [0.2, 0.25) is 17.7 Å². The van der Waals surface area contributed by atoms with Crippen LogP contribution in [0.5, 0.6) is 0 Å². The molecule has 5 fully saturated rings. The van der Waals surface area contributed by atoms with Gasteiger partial charge in [0.1, 0.15) is 6.04 Å². The first-order chi connectivity index (χ1) is 32.5. The van der Waals surface area contributed by atoms with Crippen molar-refractivity contribution in [3.63, 3.8) is 0 Å². The zero-order chi connectivity index (χ0) is 46.7. The van der Waals surface area contributed by atoms with Gasteiger partial charge in [-0.2, -0.15) is 0 Å². The molecule has 6 aliphatic rings. The van der Waals surface area contributed by atoms with Crippen molar-refractivity contribution in [3.05, 3.63) is 71.5 Å². The predicted octanol–water partition coefficient (Wildman–Crippen LogP) is 7.16. The molecule has 4 aliphatic carbocycles. The molecule has 0 radical (unpaired) electrons. The Morgan fingerprint density at radius 3 is 2.30 bits per heavy atom. The molecule has 1 aromatic heterocycles. The van der Waals surface area contributed by atoms with Gasteiger partial charge in [-0.25, -0.2) is 0 Å². The Hall–Kier alpha value is -4.76. The third kappa shape index (κ3) is 9.52. The van der Waals surface area contributed by atoms with Crippen molar-refractivity contribution in [3.8, 4) is 0 Å². The molecule has 3 aromatic rings. The number of anilines is 1. The van der Waals surface area contributed by atoms with Gasteiger partial charge >= 0.3 is 0 Å². The second kappa shape index (κ2) is 20.5. The number of ether oxygens (including phenoxy) is 4. The van der Waals surface area contributed by atoms with Crippen LogP contribution in [0.25, 0.3) is 10.8 Å². The van der Waals surface area contributed by atoms with Crippen LogP contribution in [0.15, 0.2) is 54.9 Å². The average molecular weight is 920 g/mol. The van der Waals surface area contributed by atoms with Gasteiger partial charge in [0.25, 0.3) is 11.8 Å². The predicted molar refractivity (Wildman–Crippen MR) is 252 cm³/mol. The van der Waals surface area contributed by atoms with E-state index in [0.29, 0.717) is 100 Å². The second-order valence-electron chi connectivity index (χ2n) is 20.5. The molecule has 9 atom stereocenters. The van der Waals surface area contributed by atoms with Crippen LogP contribution in [0, 0.1) is 34.5 Å². The molecule has 3 heterocycles. The van der Waals surface area contributed by atoms with Gasteiger partial charge in [-0.3, -0.25) is 39.2 Å². The number of imide groups is 2. The Balaban J connectivity index is 0.611. The molecule has 2 aliphatic heterocycles. The number of carbonyl (C=O) groups excluding carboxylic acids is 5. The van der Waals surface area contributed by atoms with E-state index >= 15 is 0 Å². The van der Waals surface area contributed by atoms with Crippen LogP contribution in [0.4, 0.5) is 5.69 Å². The second-order valence-corrected chi connectivity index (χ2v) is 20.5. The maximum atomic E-state index is 13.4. The molecule has 14 heteroatoms. The van der Waals surface area contributed by atoms with Crippen molar-refractivity contribution >= 4 is 46.0 Å². The van der Waals surface area contributed by atoms with E-state index in [1.54, 1.807) is 18.2 Å². The Labute approximate surface area is 394 Å². The number of rotatable bonds is 19. The highest BCUT2D eigenvalue weighted by Crippen LogP contribution is 2.69. The molecule has 9 rings (SSSR count). The number of hydrogen-bond donors (Lipinski definition) is 2. The summed E-state index contributed by atoms with van der Waals surface area (Å²) in [6, 6.07) is 13.5. The van der Waals surface area contributed by atoms with Gasteiger partial charge in [0.05, 0.1) is 70.4 Å². The Bertz CT molecular complexity index is 2320. The van der Waals surface area contributed by atoms with Crippen molar-refractivity contribution in [2.45, 2.75) is 109 Å². The van der Waals surface area contributed by atoms with Crippen LogP contribution in [-0.2, 0) is 33.3 Å². The van der Waals surface area contributed by atoms with E-state index in [4.69, 9.17) is 18.9 Å². The van der Waals surface area contributed by atoms with Crippen LogP contribution < -0.4 is 10.6 Å². The molecular formula is C53H69N5O9. The summed E-state index contributed by atoms with van der Waals surface area (Å²) in [4.78, 5) is 71.0. The topological polar surface area (TPSA) is 166 Å². The number of pyridine rings is 1. The van der Waals surface area contributed by atoms with E-state index in [0.717, 1.165) is 35.5 Å². The van der Waals surface area contributed by atoms with Crippen LogP contribution in [0.1, 0.15) is 123 Å². The number of benzene rings is 2. The minimum atomic E-state index is -1.01. The lowest BCUT2D eigenvalue weighted by Crippen LogP contribution is -2.55. The highest BCUT2D eigenvalue weighted by molar-refractivity contribution is 6.25.